The van der Waals surface area contributed by atoms with Crippen molar-refractivity contribution >= 4 is 35.4 Å². The molecule has 23 heavy (non-hydrogen) atoms. The van der Waals surface area contributed by atoms with E-state index in [1.165, 1.54) is 11.8 Å². The average Bonchev–Trinajstić information content (AvgIpc) is 2.38. The van der Waals surface area contributed by atoms with Gasteiger partial charge in [0.1, 0.15) is 5.60 Å². The molecule has 0 aliphatic heterocycles. The van der Waals surface area contributed by atoms with E-state index in [2.05, 4.69) is 5.32 Å². The van der Waals surface area contributed by atoms with Gasteiger partial charge in [0, 0.05) is 16.8 Å². The van der Waals surface area contributed by atoms with Gasteiger partial charge in [-0.3, -0.25) is 4.79 Å². The van der Waals surface area contributed by atoms with Crippen molar-refractivity contribution in [1.82, 2.24) is 5.32 Å². The van der Waals surface area contributed by atoms with Crippen LogP contribution in [-0.4, -0.2) is 40.3 Å². The number of thioether (sulfide) groups is 1. The number of carboxylic acids is 1. The molecular formula is C16H22ClNO4S. The summed E-state index contributed by atoms with van der Waals surface area (Å²) >= 11 is 7.12. The van der Waals surface area contributed by atoms with Crippen LogP contribution in [0.25, 0.3) is 0 Å². The van der Waals surface area contributed by atoms with Gasteiger partial charge < -0.3 is 15.2 Å². The highest BCUT2D eigenvalue weighted by Crippen LogP contribution is 2.14. The molecule has 5 nitrogen and oxygen atoms in total. The van der Waals surface area contributed by atoms with Crippen LogP contribution in [0.2, 0.25) is 5.02 Å². The zero-order valence-electron chi connectivity index (χ0n) is 13.5. The van der Waals surface area contributed by atoms with Crippen molar-refractivity contribution in [2.45, 2.75) is 38.8 Å². The molecule has 0 radical (unpaired) electrons. The minimum atomic E-state index is -0.877. The summed E-state index contributed by atoms with van der Waals surface area (Å²) in [5.74, 6) is -0.404. The van der Waals surface area contributed by atoms with E-state index in [1.807, 2.05) is 12.1 Å². The highest BCUT2D eigenvalue weighted by molar-refractivity contribution is 7.99. The fourth-order valence-corrected chi connectivity index (χ4v) is 2.72. The summed E-state index contributed by atoms with van der Waals surface area (Å²) in [5.41, 5.74) is 0.426. The minimum absolute atomic E-state index is 0.00683. The van der Waals surface area contributed by atoms with Crippen LogP contribution in [0, 0.1) is 0 Å². The number of carbonyl (C=O) groups is 2. The zero-order valence-corrected chi connectivity index (χ0v) is 15.0. The molecule has 0 saturated heterocycles. The van der Waals surface area contributed by atoms with E-state index in [0.717, 1.165) is 5.56 Å². The van der Waals surface area contributed by atoms with Crippen LogP contribution in [0.1, 0.15) is 26.3 Å². The fraction of sp³-hybridized carbons (Fsp3) is 0.500. The molecule has 1 atom stereocenters. The Morgan fingerprint density at radius 3 is 2.43 bits per heavy atom. The number of benzene rings is 1. The van der Waals surface area contributed by atoms with Crippen LogP contribution in [0.5, 0.6) is 0 Å². The van der Waals surface area contributed by atoms with Gasteiger partial charge in [-0.05, 0) is 44.9 Å². The molecule has 1 rings (SSSR count). The SMILES string of the molecule is CC(C)(C)OC(=O)NC(CSCC(=O)O)Cc1ccc(Cl)cc1. The van der Waals surface area contributed by atoms with Gasteiger partial charge in [0.05, 0.1) is 5.75 Å². The number of hydrogen-bond acceptors (Lipinski definition) is 4. The van der Waals surface area contributed by atoms with Crippen molar-refractivity contribution in [1.29, 1.82) is 0 Å². The van der Waals surface area contributed by atoms with Crippen molar-refractivity contribution in [2.75, 3.05) is 11.5 Å². The summed E-state index contributed by atoms with van der Waals surface area (Å²) in [5, 5.41) is 12.2. The maximum Gasteiger partial charge on any atom is 0.407 e. The van der Waals surface area contributed by atoms with Crippen LogP contribution >= 0.6 is 23.4 Å². The number of amides is 1. The van der Waals surface area contributed by atoms with Crippen LogP contribution in [0.3, 0.4) is 0 Å². The monoisotopic (exact) mass is 359 g/mol. The highest BCUT2D eigenvalue weighted by atomic mass is 35.5. The lowest BCUT2D eigenvalue weighted by Gasteiger charge is -2.23. The van der Waals surface area contributed by atoms with Gasteiger partial charge in [0.25, 0.3) is 0 Å². The topological polar surface area (TPSA) is 75.6 Å². The number of aliphatic carboxylic acids is 1. The molecule has 1 aromatic carbocycles. The number of carboxylic acid groups (broad SMARTS) is 1. The molecule has 0 spiro atoms. The summed E-state index contributed by atoms with van der Waals surface area (Å²) in [6.07, 6.45) is 0.0654. The molecule has 2 N–H and O–H groups in total. The van der Waals surface area contributed by atoms with Gasteiger partial charge in [-0.1, -0.05) is 23.7 Å². The standard InChI is InChI=1S/C16H22ClNO4S/c1-16(2,3)22-15(21)18-13(9-23-10-14(19)20)8-11-4-6-12(17)7-5-11/h4-7,13H,8-10H2,1-3H3,(H,18,21)(H,19,20). The fourth-order valence-electron chi connectivity index (χ4n) is 1.82. The van der Waals surface area contributed by atoms with Gasteiger partial charge in [-0.25, -0.2) is 4.79 Å². The molecule has 0 aliphatic rings. The third-order valence-electron chi connectivity index (χ3n) is 2.66. The number of halogens is 1. The third kappa shape index (κ3) is 9.36. The molecule has 0 heterocycles. The smallest absolute Gasteiger partial charge is 0.407 e. The number of hydrogen-bond donors (Lipinski definition) is 2. The Morgan fingerprint density at radius 2 is 1.91 bits per heavy atom. The van der Waals surface area contributed by atoms with E-state index in [0.29, 0.717) is 17.2 Å². The van der Waals surface area contributed by atoms with Crippen molar-refractivity contribution < 1.29 is 19.4 Å². The Labute approximate surface area is 145 Å². The lowest BCUT2D eigenvalue weighted by Crippen LogP contribution is -2.41. The zero-order chi connectivity index (χ0) is 17.5. The van der Waals surface area contributed by atoms with E-state index in [-0.39, 0.29) is 11.8 Å². The van der Waals surface area contributed by atoms with Gasteiger partial charge in [-0.2, -0.15) is 0 Å². The molecule has 7 heteroatoms. The quantitative estimate of drug-likeness (QED) is 0.778. The molecule has 0 aromatic heterocycles. The molecule has 0 fully saturated rings. The second kappa shape index (κ2) is 9.03. The second-order valence-corrected chi connectivity index (χ2v) is 7.55. The summed E-state index contributed by atoms with van der Waals surface area (Å²) in [6, 6.07) is 7.11. The number of ether oxygens (including phenoxy) is 1. The van der Waals surface area contributed by atoms with Crippen molar-refractivity contribution in [3.05, 3.63) is 34.9 Å². The number of nitrogens with one attached hydrogen (secondary N) is 1. The molecule has 1 aromatic rings. The van der Waals surface area contributed by atoms with E-state index in [4.69, 9.17) is 21.4 Å². The molecule has 1 amide bonds. The Hall–Kier alpha value is -1.40. The largest absolute Gasteiger partial charge is 0.481 e. The normalized spacial score (nSPS) is 12.5. The second-order valence-electron chi connectivity index (χ2n) is 6.08. The predicted octanol–water partition coefficient (Wildman–Crippen LogP) is 3.59. The maximum atomic E-state index is 11.9. The first-order valence-electron chi connectivity index (χ1n) is 7.19. The van der Waals surface area contributed by atoms with Crippen molar-refractivity contribution in [3.8, 4) is 0 Å². The van der Waals surface area contributed by atoms with Gasteiger partial charge in [0.15, 0.2) is 0 Å². The third-order valence-corrected chi connectivity index (χ3v) is 4.00. The Bertz CT molecular complexity index is 528. The van der Waals surface area contributed by atoms with Crippen LogP contribution < -0.4 is 5.32 Å². The van der Waals surface area contributed by atoms with Crippen LogP contribution in [0.15, 0.2) is 24.3 Å². The first-order chi connectivity index (χ1) is 10.7. The summed E-state index contributed by atoms with van der Waals surface area (Å²) < 4.78 is 5.26. The van der Waals surface area contributed by atoms with E-state index in [1.54, 1.807) is 32.9 Å². The maximum absolute atomic E-state index is 11.9. The lowest BCUT2D eigenvalue weighted by atomic mass is 10.1. The summed E-state index contributed by atoms with van der Waals surface area (Å²) in [4.78, 5) is 22.6. The minimum Gasteiger partial charge on any atom is -0.481 e. The number of carbonyl (C=O) groups excluding carboxylic acids is 1. The first-order valence-corrected chi connectivity index (χ1v) is 8.72. The van der Waals surface area contributed by atoms with Gasteiger partial charge >= 0.3 is 12.1 Å². The number of rotatable bonds is 7. The van der Waals surface area contributed by atoms with Crippen LogP contribution in [-0.2, 0) is 16.0 Å². The Balaban J connectivity index is 2.65. The molecule has 0 bridgehead atoms. The molecular weight excluding hydrogens is 338 g/mol. The predicted molar refractivity (Wildman–Crippen MR) is 93.3 cm³/mol. The van der Waals surface area contributed by atoms with E-state index < -0.39 is 17.7 Å². The van der Waals surface area contributed by atoms with Crippen molar-refractivity contribution in [2.24, 2.45) is 0 Å². The van der Waals surface area contributed by atoms with Crippen LogP contribution in [0.4, 0.5) is 4.79 Å². The number of alkyl carbamates (subject to hydrolysis) is 1. The van der Waals surface area contributed by atoms with Gasteiger partial charge in [-0.15, -0.1) is 11.8 Å². The first kappa shape index (κ1) is 19.6. The Morgan fingerprint density at radius 1 is 1.30 bits per heavy atom. The molecule has 1 unspecified atom stereocenters. The van der Waals surface area contributed by atoms with Crippen molar-refractivity contribution in [3.63, 3.8) is 0 Å². The lowest BCUT2D eigenvalue weighted by molar-refractivity contribution is -0.133. The highest BCUT2D eigenvalue weighted by Gasteiger charge is 2.20. The molecule has 128 valence electrons. The average molecular weight is 360 g/mol. The van der Waals surface area contributed by atoms with E-state index in [9.17, 15) is 9.59 Å². The van der Waals surface area contributed by atoms with Gasteiger partial charge in [0.2, 0.25) is 0 Å². The summed E-state index contributed by atoms with van der Waals surface area (Å²) in [6.45, 7) is 5.37. The summed E-state index contributed by atoms with van der Waals surface area (Å²) in [7, 11) is 0. The van der Waals surface area contributed by atoms with E-state index >= 15 is 0 Å². The molecule has 0 saturated carbocycles. The Kier molecular flexibility index (Phi) is 7.72. The molecule has 0 aliphatic carbocycles.